The Morgan fingerprint density at radius 1 is 1.32 bits per heavy atom. The Balaban J connectivity index is 1.85. The van der Waals surface area contributed by atoms with Gasteiger partial charge in [-0.1, -0.05) is 0 Å². The number of carbonyl (C=O) groups excluding carboxylic acids is 2. The zero-order chi connectivity index (χ0) is 14.4. The van der Waals surface area contributed by atoms with Crippen LogP contribution in [0.5, 0.6) is 0 Å². The van der Waals surface area contributed by atoms with E-state index in [0.717, 1.165) is 4.90 Å². The zero-order valence-corrected chi connectivity index (χ0v) is 9.64. The summed E-state index contributed by atoms with van der Waals surface area (Å²) < 4.78 is 62.1. The van der Waals surface area contributed by atoms with Crippen LogP contribution in [-0.2, 0) is 9.59 Å². The van der Waals surface area contributed by atoms with Gasteiger partial charge >= 0.3 is 12.1 Å². The predicted octanol–water partition coefficient (Wildman–Crippen LogP) is 0.921. The number of rotatable bonds is 2. The lowest BCUT2D eigenvalue weighted by Crippen LogP contribution is -2.49. The first-order valence-corrected chi connectivity index (χ1v) is 5.63. The van der Waals surface area contributed by atoms with Gasteiger partial charge in [-0.2, -0.15) is 13.2 Å². The van der Waals surface area contributed by atoms with Crippen LogP contribution in [0.25, 0.3) is 0 Å². The molecule has 2 rings (SSSR count). The summed E-state index contributed by atoms with van der Waals surface area (Å²) in [6.07, 6.45) is -5.36. The number of fused-ring (bicyclic) bond motifs is 2. The lowest BCUT2D eigenvalue weighted by Gasteiger charge is -2.31. The SMILES string of the molecule is O=C(CNC(=O)C(F)(F)F)N1CC2C[C@H]1CC2(F)F. The summed E-state index contributed by atoms with van der Waals surface area (Å²) in [4.78, 5) is 23.2. The van der Waals surface area contributed by atoms with Gasteiger partial charge in [0.1, 0.15) is 0 Å². The second kappa shape index (κ2) is 4.31. The normalized spacial score (nSPS) is 28.6. The Morgan fingerprint density at radius 3 is 2.37 bits per heavy atom. The summed E-state index contributed by atoms with van der Waals surface area (Å²) in [5, 5.41) is 1.44. The summed E-state index contributed by atoms with van der Waals surface area (Å²) in [5.41, 5.74) is 0. The Hall–Kier alpha value is -1.41. The molecule has 2 amide bonds. The van der Waals surface area contributed by atoms with Crippen LogP contribution in [-0.4, -0.2) is 47.9 Å². The van der Waals surface area contributed by atoms with Crippen molar-refractivity contribution >= 4 is 11.8 Å². The lowest BCUT2D eigenvalue weighted by molar-refractivity contribution is -0.174. The van der Waals surface area contributed by atoms with Crippen molar-refractivity contribution in [3.8, 4) is 0 Å². The van der Waals surface area contributed by atoms with Crippen LogP contribution >= 0.6 is 0 Å². The van der Waals surface area contributed by atoms with Crippen LogP contribution in [0.3, 0.4) is 0 Å². The number of hydrogen-bond acceptors (Lipinski definition) is 2. The van der Waals surface area contributed by atoms with Gasteiger partial charge < -0.3 is 10.2 Å². The number of amides is 2. The molecule has 2 bridgehead atoms. The molecule has 9 heteroatoms. The summed E-state index contributed by atoms with van der Waals surface area (Å²) in [6.45, 7) is -0.995. The van der Waals surface area contributed by atoms with Crippen molar-refractivity contribution in [1.82, 2.24) is 10.2 Å². The molecule has 2 aliphatic rings. The molecule has 0 spiro atoms. The largest absolute Gasteiger partial charge is 0.471 e. The van der Waals surface area contributed by atoms with Crippen molar-refractivity contribution in [2.24, 2.45) is 5.92 Å². The van der Waals surface area contributed by atoms with Gasteiger partial charge in [-0.05, 0) is 6.42 Å². The minimum absolute atomic E-state index is 0.159. The topological polar surface area (TPSA) is 49.4 Å². The highest BCUT2D eigenvalue weighted by molar-refractivity contribution is 5.87. The number of alkyl halides is 5. The van der Waals surface area contributed by atoms with Gasteiger partial charge in [0.2, 0.25) is 5.91 Å². The molecule has 2 fully saturated rings. The van der Waals surface area contributed by atoms with Crippen molar-refractivity contribution in [3.63, 3.8) is 0 Å². The summed E-state index contributed by atoms with van der Waals surface area (Å²) in [5.74, 6) is -6.72. The van der Waals surface area contributed by atoms with E-state index in [-0.39, 0.29) is 13.0 Å². The molecule has 1 heterocycles. The number of hydrogen-bond donors (Lipinski definition) is 1. The van der Waals surface area contributed by atoms with E-state index >= 15 is 0 Å². The Labute approximate surface area is 104 Å². The van der Waals surface area contributed by atoms with E-state index < -0.39 is 48.8 Å². The maximum absolute atomic E-state index is 13.2. The van der Waals surface area contributed by atoms with Crippen LogP contribution in [0.2, 0.25) is 0 Å². The standard InChI is InChI=1S/C10H11F5N2O2/c11-9(12)2-6-1-5(9)4-17(6)7(18)3-16-8(19)10(13,14)15/h5-6H,1-4H2,(H,16,19)/t5?,6-/m0/s1. The quantitative estimate of drug-likeness (QED) is 0.767. The van der Waals surface area contributed by atoms with Gasteiger partial charge in [0.25, 0.3) is 5.92 Å². The lowest BCUT2D eigenvalue weighted by atomic mass is 10.1. The van der Waals surface area contributed by atoms with Gasteiger partial charge in [0, 0.05) is 24.9 Å². The van der Waals surface area contributed by atoms with E-state index in [9.17, 15) is 31.5 Å². The number of nitrogens with one attached hydrogen (secondary N) is 1. The van der Waals surface area contributed by atoms with Gasteiger partial charge in [-0.15, -0.1) is 0 Å². The van der Waals surface area contributed by atoms with Crippen LogP contribution in [0, 0.1) is 5.92 Å². The van der Waals surface area contributed by atoms with E-state index in [1.807, 2.05) is 0 Å². The Bertz CT molecular complexity index is 409. The maximum atomic E-state index is 13.2. The molecule has 108 valence electrons. The highest BCUT2D eigenvalue weighted by Gasteiger charge is 2.57. The molecule has 0 radical (unpaired) electrons. The maximum Gasteiger partial charge on any atom is 0.471 e. The van der Waals surface area contributed by atoms with E-state index in [2.05, 4.69) is 0 Å². The molecule has 19 heavy (non-hydrogen) atoms. The van der Waals surface area contributed by atoms with Crippen molar-refractivity contribution in [2.45, 2.75) is 31.0 Å². The molecule has 1 saturated heterocycles. The molecular weight excluding hydrogens is 275 g/mol. The fourth-order valence-electron chi connectivity index (χ4n) is 2.56. The molecule has 0 aromatic rings. The van der Waals surface area contributed by atoms with E-state index in [1.165, 1.54) is 5.32 Å². The first kappa shape index (κ1) is 14.0. The smallest absolute Gasteiger partial charge is 0.339 e. The van der Waals surface area contributed by atoms with Gasteiger partial charge in [-0.3, -0.25) is 9.59 Å². The minimum Gasteiger partial charge on any atom is -0.339 e. The molecule has 1 N–H and O–H groups in total. The van der Waals surface area contributed by atoms with Gasteiger partial charge in [-0.25, -0.2) is 8.78 Å². The molecule has 1 aliphatic carbocycles. The van der Waals surface area contributed by atoms with Crippen LogP contribution in [0.4, 0.5) is 22.0 Å². The number of likely N-dealkylation sites (tertiary alicyclic amines) is 1. The molecule has 0 aromatic heterocycles. The second-order valence-corrected chi connectivity index (χ2v) is 4.78. The summed E-state index contributed by atoms with van der Waals surface area (Å²) in [7, 11) is 0. The van der Waals surface area contributed by atoms with Crippen molar-refractivity contribution in [2.75, 3.05) is 13.1 Å². The fourth-order valence-corrected chi connectivity index (χ4v) is 2.56. The summed E-state index contributed by atoms with van der Waals surface area (Å²) in [6, 6.07) is -0.643. The van der Waals surface area contributed by atoms with Crippen molar-refractivity contribution < 1.29 is 31.5 Å². The fraction of sp³-hybridized carbons (Fsp3) is 0.800. The third-order valence-corrected chi connectivity index (χ3v) is 3.50. The van der Waals surface area contributed by atoms with Gasteiger partial charge in [0.15, 0.2) is 0 Å². The van der Waals surface area contributed by atoms with E-state index in [0.29, 0.717) is 0 Å². The average molecular weight is 286 g/mol. The third-order valence-electron chi connectivity index (χ3n) is 3.50. The number of halogens is 5. The van der Waals surface area contributed by atoms with Gasteiger partial charge in [0.05, 0.1) is 6.54 Å². The highest BCUT2D eigenvalue weighted by atomic mass is 19.4. The molecule has 4 nitrogen and oxygen atoms in total. The van der Waals surface area contributed by atoms with E-state index in [1.54, 1.807) is 0 Å². The summed E-state index contributed by atoms with van der Waals surface area (Å²) >= 11 is 0. The third kappa shape index (κ3) is 2.64. The second-order valence-electron chi connectivity index (χ2n) is 4.78. The molecule has 0 aromatic carbocycles. The molecule has 1 saturated carbocycles. The van der Waals surface area contributed by atoms with Crippen LogP contribution < -0.4 is 5.32 Å². The number of carbonyl (C=O) groups is 2. The van der Waals surface area contributed by atoms with E-state index in [4.69, 9.17) is 0 Å². The minimum atomic E-state index is -5.06. The monoisotopic (exact) mass is 286 g/mol. The average Bonchev–Trinajstić information content (AvgIpc) is 2.79. The zero-order valence-electron chi connectivity index (χ0n) is 9.64. The van der Waals surface area contributed by atoms with Crippen molar-refractivity contribution in [3.05, 3.63) is 0 Å². The molecule has 1 unspecified atom stereocenters. The van der Waals surface area contributed by atoms with Crippen LogP contribution in [0.1, 0.15) is 12.8 Å². The Morgan fingerprint density at radius 2 is 1.95 bits per heavy atom. The molecule has 1 aliphatic heterocycles. The highest BCUT2D eigenvalue weighted by Crippen LogP contribution is 2.48. The molecule has 2 atom stereocenters. The van der Waals surface area contributed by atoms with Crippen LogP contribution in [0.15, 0.2) is 0 Å². The molecular formula is C10H11F5N2O2. The number of piperidine rings is 1. The Kier molecular flexibility index (Phi) is 3.18. The first-order chi connectivity index (χ1) is 8.61. The first-order valence-electron chi connectivity index (χ1n) is 5.63. The number of nitrogens with zero attached hydrogens (tertiary/aromatic N) is 1. The predicted molar refractivity (Wildman–Crippen MR) is 52.2 cm³/mol. The van der Waals surface area contributed by atoms with Crippen molar-refractivity contribution in [1.29, 1.82) is 0 Å².